The highest BCUT2D eigenvalue weighted by Crippen LogP contribution is 2.19. The maximum atomic E-state index is 9.50. The topological polar surface area (TPSA) is 58.7 Å². The normalized spacial score (nSPS) is 20.2. The third-order valence-electron chi connectivity index (χ3n) is 4.25. The number of hydrogen-bond donors (Lipinski definition) is 2. The van der Waals surface area contributed by atoms with E-state index in [4.69, 9.17) is 10.5 Å². The average molecular weight is 292 g/mol. The van der Waals surface area contributed by atoms with E-state index in [9.17, 15) is 5.11 Å². The molecule has 1 unspecified atom stereocenters. The Morgan fingerprint density at radius 3 is 2.90 bits per heavy atom. The predicted octanol–water partition coefficient (Wildman–Crippen LogP) is 2.15. The van der Waals surface area contributed by atoms with Gasteiger partial charge in [0, 0.05) is 24.7 Å². The van der Waals surface area contributed by atoms with Crippen LogP contribution in [0.2, 0.25) is 0 Å². The van der Waals surface area contributed by atoms with Crippen molar-refractivity contribution in [2.24, 2.45) is 5.73 Å². The molecule has 4 heteroatoms. The number of para-hydroxylation sites is 1. The van der Waals surface area contributed by atoms with E-state index in [0.29, 0.717) is 19.2 Å². The summed E-state index contributed by atoms with van der Waals surface area (Å²) in [7, 11) is 0. The molecule has 1 aromatic carbocycles. The summed E-state index contributed by atoms with van der Waals surface area (Å²) in [6.45, 7) is 3.58. The van der Waals surface area contributed by atoms with Crippen LogP contribution in [0.3, 0.4) is 0 Å². The highest BCUT2D eigenvalue weighted by molar-refractivity contribution is 5.32. The largest absolute Gasteiger partial charge is 0.493 e. The first kappa shape index (κ1) is 16.3. The summed E-state index contributed by atoms with van der Waals surface area (Å²) in [4.78, 5) is 2.42. The Bertz CT molecular complexity index is 412. The molecule has 4 nitrogen and oxygen atoms in total. The van der Waals surface area contributed by atoms with Gasteiger partial charge in [-0.05, 0) is 31.9 Å². The maximum Gasteiger partial charge on any atom is 0.123 e. The molecule has 0 aromatic heterocycles. The van der Waals surface area contributed by atoms with Gasteiger partial charge >= 0.3 is 0 Å². The zero-order chi connectivity index (χ0) is 14.9. The number of ether oxygens (including phenoxy) is 1. The minimum atomic E-state index is 0.275. The van der Waals surface area contributed by atoms with E-state index in [2.05, 4.69) is 4.90 Å². The molecule has 1 saturated heterocycles. The molecule has 3 N–H and O–H groups in total. The van der Waals surface area contributed by atoms with Crippen molar-refractivity contribution in [3.8, 4) is 5.75 Å². The lowest BCUT2D eigenvalue weighted by Crippen LogP contribution is -2.38. The second-order valence-electron chi connectivity index (χ2n) is 5.74. The summed E-state index contributed by atoms with van der Waals surface area (Å²) in [5, 5.41) is 9.50. The van der Waals surface area contributed by atoms with Gasteiger partial charge in [0.2, 0.25) is 0 Å². The van der Waals surface area contributed by atoms with Gasteiger partial charge in [-0.3, -0.25) is 4.90 Å². The summed E-state index contributed by atoms with van der Waals surface area (Å²) >= 11 is 0. The highest BCUT2D eigenvalue weighted by Gasteiger charge is 2.19. The molecule has 2 rings (SSSR count). The SMILES string of the molecule is NCc1ccccc1OCCCN1CCCCCC1CO. The molecular formula is C17H28N2O2. The molecular weight excluding hydrogens is 264 g/mol. The molecule has 1 aromatic rings. The minimum Gasteiger partial charge on any atom is -0.493 e. The lowest BCUT2D eigenvalue weighted by atomic mass is 10.1. The zero-order valence-corrected chi connectivity index (χ0v) is 12.8. The molecule has 21 heavy (non-hydrogen) atoms. The first-order chi connectivity index (χ1) is 10.3. The lowest BCUT2D eigenvalue weighted by molar-refractivity contribution is 0.118. The van der Waals surface area contributed by atoms with Gasteiger partial charge < -0.3 is 15.6 Å². The van der Waals surface area contributed by atoms with Gasteiger partial charge in [0.1, 0.15) is 5.75 Å². The molecule has 1 aliphatic rings. The van der Waals surface area contributed by atoms with Crippen LogP contribution in [-0.2, 0) is 6.54 Å². The number of hydrogen-bond acceptors (Lipinski definition) is 4. The number of rotatable bonds is 7. The Labute approximate surface area is 127 Å². The monoisotopic (exact) mass is 292 g/mol. The molecule has 0 bridgehead atoms. The fourth-order valence-electron chi connectivity index (χ4n) is 3.00. The number of benzene rings is 1. The first-order valence-electron chi connectivity index (χ1n) is 8.11. The van der Waals surface area contributed by atoms with Crippen LogP contribution in [0.1, 0.15) is 37.7 Å². The van der Waals surface area contributed by atoms with Gasteiger partial charge in [-0.25, -0.2) is 0 Å². The molecule has 0 spiro atoms. The van der Waals surface area contributed by atoms with E-state index in [0.717, 1.165) is 37.2 Å². The second-order valence-corrected chi connectivity index (χ2v) is 5.74. The van der Waals surface area contributed by atoms with Gasteiger partial charge in [-0.1, -0.05) is 31.0 Å². The molecule has 118 valence electrons. The zero-order valence-electron chi connectivity index (χ0n) is 12.8. The van der Waals surface area contributed by atoms with Crippen molar-refractivity contribution in [3.05, 3.63) is 29.8 Å². The maximum absolute atomic E-state index is 9.50. The second kappa shape index (κ2) is 9.03. The van der Waals surface area contributed by atoms with Gasteiger partial charge in [-0.15, -0.1) is 0 Å². The van der Waals surface area contributed by atoms with Crippen LogP contribution in [0, 0.1) is 0 Å². The molecule has 0 amide bonds. The molecule has 0 radical (unpaired) electrons. The van der Waals surface area contributed by atoms with Gasteiger partial charge in [0.25, 0.3) is 0 Å². The molecule has 0 aliphatic carbocycles. The summed E-state index contributed by atoms with van der Waals surface area (Å²) in [6, 6.07) is 8.28. The Morgan fingerprint density at radius 1 is 1.24 bits per heavy atom. The summed E-state index contributed by atoms with van der Waals surface area (Å²) in [5.41, 5.74) is 6.77. The first-order valence-corrected chi connectivity index (χ1v) is 8.11. The van der Waals surface area contributed by atoms with E-state index < -0.39 is 0 Å². The Hall–Kier alpha value is -1.10. The van der Waals surface area contributed by atoms with Crippen LogP contribution in [0.5, 0.6) is 5.75 Å². The van der Waals surface area contributed by atoms with E-state index in [1.807, 2.05) is 24.3 Å². The predicted molar refractivity (Wildman–Crippen MR) is 85.4 cm³/mol. The number of likely N-dealkylation sites (tertiary alicyclic amines) is 1. The van der Waals surface area contributed by atoms with Crippen molar-refractivity contribution in [3.63, 3.8) is 0 Å². The molecule has 1 atom stereocenters. The van der Waals surface area contributed by atoms with Crippen molar-refractivity contribution in [2.45, 2.75) is 44.7 Å². The minimum absolute atomic E-state index is 0.275. The Balaban J connectivity index is 1.75. The Kier molecular flexibility index (Phi) is 7.00. The fourth-order valence-corrected chi connectivity index (χ4v) is 3.00. The smallest absolute Gasteiger partial charge is 0.123 e. The number of nitrogens with two attached hydrogens (primary N) is 1. The van der Waals surface area contributed by atoms with Gasteiger partial charge in [-0.2, -0.15) is 0 Å². The van der Waals surface area contributed by atoms with Crippen LogP contribution >= 0.6 is 0 Å². The van der Waals surface area contributed by atoms with Crippen LogP contribution in [0.15, 0.2) is 24.3 Å². The average Bonchev–Trinajstić information content (AvgIpc) is 2.76. The summed E-state index contributed by atoms with van der Waals surface area (Å²) < 4.78 is 5.85. The third kappa shape index (κ3) is 4.99. The van der Waals surface area contributed by atoms with E-state index in [1.165, 1.54) is 19.3 Å². The number of nitrogens with zero attached hydrogens (tertiary/aromatic N) is 1. The lowest BCUT2D eigenvalue weighted by Gasteiger charge is -2.28. The van der Waals surface area contributed by atoms with E-state index >= 15 is 0 Å². The van der Waals surface area contributed by atoms with Crippen LogP contribution in [0.4, 0.5) is 0 Å². The molecule has 0 saturated carbocycles. The van der Waals surface area contributed by atoms with Crippen molar-refractivity contribution in [1.29, 1.82) is 0 Å². The van der Waals surface area contributed by atoms with Crippen LogP contribution in [-0.4, -0.2) is 42.4 Å². The van der Waals surface area contributed by atoms with Crippen molar-refractivity contribution < 1.29 is 9.84 Å². The van der Waals surface area contributed by atoms with Crippen LogP contribution in [0.25, 0.3) is 0 Å². The number of aliphatic hydroxyl groups excluding tert-OH is 1. The molecule has 1 aliphatic heterocycles. The van der Waals surface area contributed by atoms with Crippen molar-refractivity contribution >= 4 is 0 Å². The quantitative estimate of drug-likeness (QED) is 0.756. The van der Waals surface area contributed by atoms with Gasteiger partial charge in [0.15, 0.2) is 0 Å². The van der Waals surface area contributed by atoms with E-state index in [1.54, 1.807) is 0 Å². The summed E-state index contributed by atoms with van der Waals surface area (Å²) in [6.07, 6.45) is 5.87. The summed E-state index contributed by atoms with van der Waals surface area (Å²) in [5.74, 6) is 0.898. The molecule has 1 fully saturated rings. The molecule has 1 heterocycles. The van der Waals surface area contributed by atoms with Crippen LogP contribution < -0.4 is 10.5 Å². The highest BCUT2D eigenvalue weighted by atomic mass is 16.5. The standard InChI is InChI=1S/C17H28N2O2/c18-13-15-7-3-4-9-17(15)21-12-6-11-19-10-5-1-2-8-16(19)14-20/h3-4,7,9,16,20H,1-2,5-6,8,10-14,18H2. The fraction of sp³-hybridized carbons (Fsp3) is 0.647. The Morgan fingerprint density at radius 2 is 2.10 bits per heavy atom. The van der Waals surface area contributed by atoms with Crippen molar-refractivity contribution in [2.75, 3.05) is 26.3 Å². The van der Waals surface area contributed by atoms with Crippen molar-refractivity contribution in [1.82, 2.24) is 4.90 Å². The van der Waals surface area contributed by atoms with E-state index in [-0.39, 0.29) is 6.61 Å². The van der Waals surface area contributed by atoms with Gasteiger partial charge in [0.05, 0.1) is 13.2 Å². The third-order valence-corrected chi connectivity index (χ3v) is 4.25. The number of aliphatic hydroxyl groups is 1.